The van der Waals surface area contributed by atoms with Crippen molar-refractivity contribution in [2.24, 2.45) is 0 Å². The number of hydrogen-bond acceptors (Lipinski definition) is 4. The van der Waals surface area contributed by atoms with E-state index in [2.05, 4.69) is 234 Å². The van der Waals surface area contributed by atoms with E-state index in [4.69, 9.17) is 9.15 Å². The summed E-state index contributed by atoms with van der Waals surface area (Å²) in [6.45, 7) is -0.0927. The van der Waals surface area contributed by atoms with Crippen LogP contribution in [0.5, 0.6) is 11.5 Å². The van der Waals surface area contributed by atoms with E-state index in [1.54, 1.807) is 0 Å². The van der Waals surface area contributed by atoms with Crippen LogP contribution in [0.15, 0.2) is 229 Å². The highest BCUT2D eigenvalue weighted by Gasteiger charge is 2.42. The number of para-hydroxylation sites is 2. The molecule has 0 bridgehead atoms. The fourth-order valence-electron chi connectivity index (χ4n) is 10.1. The SMILES string of the molecule is c1ccc(-c2cccc(N3c4cc(-c5ccccc5)ccc4B4c5cc6oc7cc(N(c8ccccc8)c8ccccc8)c8ccccc8c7c6cc5Oc5cccc3c54)c2)cc1. The highest BCUT2D eigenvalue weighted by Crippen LogP contribution is 2.47. The lowest BCUT2D eigenvalue weighted by atomic mass is 9.34. The normalized spacial score (nSPS) is 12.5. The Hall–Kier alpha value is -8.28. The third-order valence-electron chi connectivity index (χ3n) is 12.9. The minimum atomic E-state index is -0.0927. The molecule has 0 N–H and O–H groups in total. The van der Waals surface area contributed by atoms with Crippen LogP contribution in [-0.4, -0.2) is 6.71 Å². The molecule has 4 nitrogen and oxygen atoms in total. The summed E-state index contributed by atoms with van der Waals surface area (Å²) in [6, 6.07) is 80.1. The molecule has 0 amide bonds. The van der Waals surface area contributed by atoms with Gasteiger partial charge in [-0.05, 0) is 111 Å². The van der Waals surface area contributed by atoms with Crippen molar-refractivity contribution in [2.45, 2.75) is 0 Å². The number of fused-ring (bicyclic) bond motifs is 9. The Kier molecular flexibility index (Phi) is 7.97. The molecule has 5 heteroatoms. The molecule has 63 heavy (non-hydrogen) atoms. The second-order valence-electron chi connectivity index (χ2n) is 16.4. The second-order valence-corrected chi connectivity index (χ2v) is 16.4. The summed E-state index contributed by atoms with van der Waals surface area (Å²) in [5.41, 5.74) is 16.4. The van der Waals surface area contributed by atoms with E-state index in [0.29, 0.717) is 0 Å². The monoisotopic (exact) mass is 804 g/mol. The van der Waals surface area contributed by atoms with Crippen LogP contribution in [0.25, 0.3) is 55.0 Å². The fourth-order valence-corrected chi connectivity index (χ4v) is 10.1. The topological polar surface area (TPSA) is 28.9 Å². The number of ether oxygens (including phenoxy) is 1. The van der Waals surface area contributed by atoms with Crippen molar-refractivity contribution in [3.8, 4) is 33.8 Å². The van der Waals surface area contributed by atoms with E-state index in [0.717, 1.165) is 89.3 Å². The molecule has 2 aliphatic rings. The van der Waals surface area contributed by atoms with Gasteiger partial charge in [0.25, 0.3) is 6.71 Å². The Labute approximate surface area is 365 Å². The number of furan rings is 1. The van der Waals surface area contributed by atoms with Gasteiger partial charge in [-0.2, -0.15) is 0 Å². The maximum atomic E-state index is 7.05. The predicted molar refractivity (Wildman–Crippen MR) is 263 cm³/mol. The van der Waals surface area contributed by atoms with Gasteiger partial charge in [-0.1, -0.05) is 152 Å². The standard InChI is InChI=1S/C58H37BN2O2/c1-5-17-38(18-6-1)40-21-15-26-44(33-40)61-50-29-16-30-53-58(50)59(48-32-31-41(34-52(48)61)39-19-7-2-8-20-39)49-36-54-47(35-55(49)62-53)57-46-28-14-13-27-45(46)51(37-56(57)63-54)60(42-22-9-3-10-23-42)43-24-11-4-12-25-43/h1-37H. The minimum absolute atomic E-state index is 0.0927. The minimum Gasteiger partial charge on any atom is -0.458 e. The van der Waals surface area contributed by atoms with Crippen molar-refractivity contribution in [3.05, 3.63) is 224 Å². The largest absolute Gasteiger partial charge is 0.458 e. The molecule has 0 radical (unpaired) electrons. The number of benzene rings is 10. The first kappa shape index (κ1) is 35.5. The quantitative estimate of drug-likeness (QED) is 0.157. The van der Waals surface area contributed by atoms with Crippen LogP contribution >= 0.6 is 0 Å². The lowest BCUT2D eigenvalue weighted by Gasteiger charge is -2.40. The van der Waals surface area contributed by atoms with Gasteiger partial charge in [-0.25, -0.2) is 0 Å². The summed E-state index contributed by atoms with van der Waals surface area (Å²) in [5, 5.41) is 4.38. The molecule has 11 aromatic rings. The smallest absolute Gasteiger partial charge is 0.256 e. The zero-order valence-electron chi connectivity index (χ0n) is 34.2. The Balaban J connectivity index is 1.03. The maximum Gasteiger partial charge on any atom is 0.256 e. The van der Waals surface area contributed by atoms with E-state index in [9.17, 15) is 0 Å². The Morgan fingerprint density at radius 3 is 1.73 bits per heavy atom. The summed E-state index contributed by atoms with van der Waals surface area (Å²) in [4.78, 5) is 4.75. The first-order valence-corrected chi connectivity index (χ1v) is 21.5. The molecule has 0 fully saturated rings. The zero-order chi connectivity index (χ0) is 41.4. The highest BCUT2D eigenvalue weighted by molar-refractivity contribution is 6.99. The molecular formula is C58H37BN2O2. The molecule has 1 aromatic heterocycles. The van der Waals surface area contributed by atoms with Crippen LogP contribution in [0.4, 0.5) is 34.1 Å². The second kappa shape index (κ2) is 14.2. The molecule has 0 saturated carbocycles. The lowest BCUT2D eigenvalue weighted by molar-refractivity contribution is 0.488. The van der Waals surface area contributed by atoms with Gasteiger partial charge in [0.1, 0.15) is 22.7 Å². The van der Waals surface area contributed by atoms with Crippen LogP contribution in [-0.2, 0) is 0 Å². The van der Waals surface area contributed by atoms with Crippen molar-refractivity contribution in [2.75, 3.05) is 9.80 Å². The van der Waals surface area contributed by atoms with Gasteiger partial charge in [0, 0.05) is 50.7 Å². The summed E-state index contributed by atoms with van der Waals surface area (Å²) in [7, 11) is 0. The molecule has 294 valence electrons. The van der Waals surface area contributed by atoms with Gasteiger partial charge in [0.05, 0.1) is 5.69 Å². The van der Waals surface area contributed by atoms with Crippen molar-refractivity contribution < 1.29 is 9.15 Å². The molecule has 0 spiro atoms. The van der Waals surface area contributed by atoms with Gasteiger partial charge in [0.15, 0.2) is 0 Å². The highest BCUT2D eigenvalue weighted by atomic mass is 16.5. The molecule has 2 aliphatic heterocycles. The number of hydrogen-bond donors (Lipinski definition) is 0. The van der Waals surface area contributed by atoms with Gasteiger partial charge in [-0.3, -0.25) is 0 Å². The molecule has 10 aromatic carbocycles. The third kappa shape index (κ3) is 5.63. The third-order valence-corrected chi connectivity index (χ3v) is 12.9. The summed E-state index contributed by atoms with van der Waals surface area (Å²) < 4.78 is 14.1. The van der Waals surface area contributed by atoms with Crippen LogP contribution < -0.4 is 30.9 Å². The predicted octanol–water partition coefficient (Wildman–Crippen LogP) is 13.9. The Bertz CT molecular complexity index is 3510. The van der Waals surface area contributed by atoms with Gasteiger partial charge in [0.2, 0.25) is 0 Å². The number of anilines is 6. The molecule has 13 rings (SSSR count). The molecule has 3 heterocycles. The molecule has 0 aliphatic carbocycles. The Morgan fingerprint density at radius 2 is 1.02 bits per heavy atom. The van der Waals surface area contributed by atoms with E-state index < -0.39 is 0 Å². The summed E-state index contributed by atoms with van der Waals surface area (Å²) in [6.07, 6.45) is 0. The molecule has 0 unspecified atom stereocenters. The first-order valence-electron chi connectivity index (χ1n) is 21.5. The van der Waals surface area contributed by atoms with Crippen molar-refractivity contribution in [1.29, 1.82) is 0 Å². The fraction of sp³-hybridized carbons (Fsp3) is 0. The average molecular weight is 805 g/mol. The van der Waals surface area contributed by atoms with Gasteiger partial charge >= 0.3 is 0 Å². The van der Waals surface area contributed by atoms with Crippen molar-refractivity contribution in [1.82, 2.24) is 0 Å². The van der Waals surface area contributed by atoms with E-state index in [1.165, 1.54) is 27.7 Å². The van der Waals surface area contributed by atoms with Gasteiger partial charge in [-0.15, -0.1) is 0 Å². The van der Waals surface area contributed by atoms with E-state index in [-0.39, 0.29) is 6.71 Å². The van der Waals surface area contributed by atoms with Crippen LogP contribution in [0.3, 0.4) is 0 Å². The Morgan fingerprint density at radius 1 is 0.397 bits per heavy atom. The number of rotatable bonds is 6. The molecule has 0 atom stereocenters. The molecule has 0 saturated heterocycles. The van der Waals surface area contributed by atoms with Crippen LogP contribution in [0.2, 0.25) is 0 Å². The van der Waals surface area contributed by atoms with Crippen molar-refractivity contribution in [3.63, 3.8) is 0 Å². The average Bonchev–Trinajstić information content (AvgIpc) is 3.71. The summed E-state index contributed by atoms with van der Waals surface area (Å²) >= 11 is 0. The lowest BCUT2D eigenvalue weighted by Crippen LogP contribution is -2.59. The van der Waals surface area contributed by atoms with E-state index >= 15 is 0 Å². The number of nitrogens with zero attached hydrogens (tertiary/aromatic N) is 2. The van der Waals surface area contributed by atoms with E-state index in [1.807, 2.05) is 0 Å². The van der Waals surface area contributed by atoms with Crippen LogP contribution in [0, 0.1) is 0 Å². The first-order chi connectivity index (χ1) is 31.2. The molecular weight excluding hydrogens is 767 g/mol. The van der Waals surface area contributed by atoms with Gasteiger partial charge < -0.3 is 19.0 Å². The van der Waals surface area contributed by atoms with Crippen LogP contribution in [0.1, 0.15) is 0 Å². The summed E-state index contributed by atoms with van der Waals surface area (Å²) in [5.74, 6) is 1.72. The van der Waals surface area contributed by atoms with Crippen molar-refractivity contribution >= 4 is 89.9 Å². The maximum absolute atomic E-state index is 7.05. The zero-order valence-corrected chi connectivity index (χ0v) is 34.2.